The third-order valence-electron chi connectivity index (χ3n) is 5.06. The summed E-state index contributed by atoms with van der Waals surface area (Å²) < 4.78 is 5.24. The first-order valence-corrected chi connectivity index (χ1v) is 10.0. The summed E-state index contributed by atoms with van der Waals surface area (Å²) in [6.45, 7) is 10.8. The van der Waals surface area contributed by atoms with Gasteiger partial charge < -0.3 is 19.5 Å². The first-order chi connectivity index (χ1) is 13.6. The predicted octanol–water partition coefficient (Wildman–Crippen LogP) is 3.12. The number of nitrogens with zero attached hydrogens (tertiary/aromatic N) is 3. The molecule has 1 aromatic carbocycles. The van der Waals surface area contributed by atoms with Gasteiger partial charge in [-0.15, -0.1) is 0 Å². The molecule has 2 heterocycles. The molecule has 0 bridgehead atoms. The van der Waals surface area contributed by atoms with Gasteiger partial charge in [0, 0.05) is 45.2 Å². The standard InChI is InChI=1S/C22H30N4O2/c1-4-23-22(24-16-18(3)19-8-5-7-17(2)15-19)26-12-10-25(11-13-26)21(27)20-9-6-14-28-20/h5-9,14-15,18H,4,10-13,16H2,1-3H3,(H,23,24). The third-order valence-corrected chi connectivity index (χ3v) is 5.06. The highest BCUT2D eigenvalue weighted by Gasteiger charge is 2.25. The highest BCUT2D eigenvalue weighted by Crippen LogP contribution is 2.17. The Kier molecular flexibility index (Phi) is 6.74. The number of aryl methyl sites for hydroxylation is 1. The lowest BCUT2D eigenvalue weighted by molar-refractivity contribution is 0.0657. The summed E-state index contributed by atoms with van der Waals surface area (Å²) in [4.78, 5) is 21.4. The molecule has 1 fully saturated rings. The molecule has 1 saturated heterocycles. The topological polar surface area (TPSA) is 61.1 Å². The van der Waals surface area contributed by atoms with Gasteiger partial charge in [-0.1, -0.05) is 36.8 Å². The van der Waals surface area contributed by atoms with Gasteiger partial charge in [-0.25, -0.2) is 0 Å². The van der Waals surface area contributed by atoms with Gasteiger partial charge in [-0.05, 0) is 31.5 Å². The molecule has 6 nitrogen and oxygen atoms in total. The number of rotatable bonds is 5. The number of hydrogen-bond acceptors (Lipinski definition) is 3. The van der Waals surface area contributed by atoms with E-state index in [0.29, 0.717) is 24.8 Å². The Morgan fingerprint density at radius 3 is 2.57 bits per heavy atom. The Morgan fingerprint density at radius 2 is 1.93 bits per heavy atom. The van der Waals surface area contributed by atoms with Gasteiger partial charge in [0.2, 0.25) is 0 Å². The normalized spacial score (nSPS) is 16.2. The van der Waals surface area contributed by atoms with Crippen LogP contribution in [0.3, 0.4) is 0 Å². The van der Waals surface area contributed by atoms with E-state index in [9.17, 15) is 4.79 Å². The minimum atomic E-state index is -0.0420. The SMILES string of the molecule is CCNC(=NCC(C)c1cccc(C)c1)N1CCN(C(=O)c2ccco2)CC1. The largest absolute Gasteiger partial charge is 0.459 e. The van der Waals surface area contributed by atoms with Crippen molar-refractivity contribution in [2.45, 2.75) is 26.7 Å². The predicted molar refractivity (Wildman–Crippen MR) is 112 cm³/mol. The number of benzene rings is 1. The number of carbonyl (C=O) groups excluding carboxylic acids is 1. The van der Waals surface area contributed by atoms with E-state index in [1.807, 2.05) is 4.90 Å². The maximum absolute atomic E-state index is 12.4. The zero-order valence-electron chi connectivity index (χ0n) is 17.0. The monoisotopic (exact) mass is 382 g/mol. The van der Waals surface area contributed by atoms with Crippen molar-refractivity contribution >= 4 is 11.9 Å². The van der Waals surface area contributed by atoms with Crippen molar-refractivity contribution in [2.75, 3.05) is 39.3 Å². The molecule has 1 unspecified atom stereocenters. The molecule has 0 saturated carbocycles. The summed E-state index contributed by atoms with van der Waals surface area (Å²) in [5.74, 6) is 1.64. The van der Waals surface area contributed by atoms with Crippen molar-refractivity contribution in [3.8, 4) is 0 Å². The molecule has 150 valence electrons. The molecule has 2 aromatic rings. The van der Waals surface area contributed by atoms with Crippen LogP contribution in [0, 0.1) is 6.92 Å². The first-order valence-electron chi connectivity index (χ1n) is 10.0. The van der Waals surface area contributed by atoms with Crippen LogP contribution in [0.2, 0.25) is 0 Å². The van der Waals surface area contributed by atoms with Gasteiger partial charge in [0.25, 0.3) is 5.91 Å². The molecule has 1 aromatic heterocycles. The lowest BCUT2D eigenvalue weighted by Crippen LogP contribution is -2.53. The van der Waals surface area contributed by atoms with Crippen molar-refractivity contribution in [1.29, 1.82) is 0 Å². The smallest absolute Gasteiger partial charge is 0.289 e. The fourth-order valence-electron chi connectivity index (χ4n) is 3.41. The lowest BCUT2D eigenvalue weighted by atomic mass is 10.00. The van der Waals surface area contributed by atoms with Gasteiger partial charge >= 0.3 is 0 Å². The molecular formula is C22H30N4O2. The number of furan rings is 1. The minimum Gasteiger partial charge on any atom is -0.459 e. The number of piperazine rings is 1. The highest BCUT2D eigenvalue weighted by atomic mass is 16.3. The van der Waals surface area contributed by atoms with E-state index in [-0.39, 0.29) is 5.91 Å². The van der Waals surface area contributed by atoms with Crippen LogP contribution in [0.5, 0.6) is 0 Å². The second-order valence-corrected chi connectivity index (χ2v) is 7.27. The Labute approximate surface area is 167 Å². The maximum atomic E-state index is 12.4. The molecule has 6 heteroatoms. The summed E-state index contributed by atoms with van der Waals surface area (Å²) in [6.07, 6.45) is 1.54. The number of nitrogens with one attached hydrogen (secondary N) is 1. The summed E-state index contributed by atoms with van der Waals surface area (Å²) in [5, 5.41) is 3.40. The van der Waals surface area contributed by atoms with E-state index < -0.39 is 0 Å². The first kappa shape index (κ1) is 20.0. The number of hydrogen-bond donors (Lipinski definition) is 1. The average molecular weight is 383 g/mol. The fourth-order valence-corrected chi connectivity index (χ4v) is 3.41. The average Bonchev–Trinajstić information content (AvgIpc) is 3.25. The molecule has 1 N–H and O–H groups in total. The van der Waals surface area contributed by atoms with E-state index >= 15 is 0 Å². The van der Waals surface area contributed by atoms with E-state index in [1.54, 1.807) is 12.1 Å². The second kappa shape index (κ2) is 9.44. The van der Waals surface area contributed by atoms with Gasteiger partial charge in [-0.3, -0.25) is 9.79 Å². The van der Waals surface area contributed by atoms with Crippen molar-refractivity contribution in [1.82, 2.24) is 15.1 Å². The van der Waals surface area contributed by atoms with E-state index in [2.05, 4.69) is 55.3 Å². The van der Waals surface area contributed by atoms with Crippen LogP contribution in [-0.4, -0.2) is 60.9 Å². The van der Waals surface area contributed by atoms with Crippen LogP contribution in [0.4, 0.5) is 0 Å². The van der Waals surface area contributed by atoms with E-state index in [4.69, 9.17) is 9.41 Å². The molecule has 1 aliphatic heterocycles. The summed E-state index contributed by atoms with van der Waals surface area (Å²) in [6, 6.07) is 12.1. The quantitative estimate of drug-likeness (QED) is 0.638. The molecule has 1 amide bonds. The minimum absolute atomic E-state index is 0.0420. The van der Waals surface area contributed by atoms with Crippen molar-refractivity contribution < 1.29 is 9.21 Å². The second-order valence-electron chi connectivity index (χ2n) is 7.27. The number of carbonyl (C=O) groups is 1. The Hall–Kier alpha value is -2.76. The summed E-state index contributed by atoms with van der Waals surface area (Å²) >= 11 is 0. The molecule has 3 rings (SSSR count). The van der Waals surface area contributed by atoms with Gasteiger partial charge in [-0.2, -0.15) is 0 Å². The Morgan fingerprint density at radius 1 is 1.18 bits per heavy atom. The van der Waals surface area contributed by atoms with Gasteiger partial charge in [0.1, 0.15) is 0 Å². The zero-order chi connectivity index (χ0) is 19.9. The molecule has 0 spiro atoms. The van der Waals surface area contributed by atoms with Gasteiger partial charge in [0.15, 0.2) is 11.7 Å². The maximum Gasteiger partial charge on any atom is 0.289 e. The number of amides is 1. The summed E-state index contributed by atoms with van der Waals surface area (Å²) in [5.41, 5.74) is 2.59. The number of guanidine groups is 1. The van der Waals surface area contributed by atoms with Crippen molar-refractivity contribution in [2.24, 2.45) is 4.99 Å². The van der Waals surface area contributed by atoms with Gasteiger partial charge in [0.05, 0.1) is 6.26 Å². The third kappa shape index (κ3) is 4.94. The van der Waals surface area contributed by atoms with Crippen LogP contribution in [0.25, 0.3) is 0 Å². The van der Waals surface area contributed by atoms with E-state index in [0.717, 1.165) is 32.1 Å². The summed E-state index contributed by atoms with van der Waals surface area (Å²) in [7, 11) is 0. The lowest BCUT2D eigenvalue weighted by Gasteiger charge is -2.36. The van der Waals surface area contributed by atoms with Crippen LogP contribution in [-0.2, 0) is 0 Å². The number of aliphatic imine (C=N–C) groups is 1. The van der Waals surface area contributed by atoms with Crippen molar-refractivity contribution in [3.05, 3.63) is 59.5 Å². The molecule has 28 heavy (non-hydrogen) atoms. The molecular weight excluding hydrogens is 352 g/mol. The Bertz CT molecular complexity index is 793. The molecule has 0 radical (unpaired) electrons. The van der Waals surface area contributed by atoms with Crippen LogP contribution >= 0.6 is 0 Å². The molecule has 1 aliphatic rings. The molecule has 1 atom stereocenters. The van der Waals surface area contributed by atoms with Crippen LogP contribution in [0.15, 0.2) is 52.1 Å². The Balaban J connectivity index is 1.59. The van der Waals surface area contributed by atoms with Crippen LogP contribution in [0.1, 0.15) is 41.4 Å². The van der Waals surface area contributed by atoms with E-state index in [1.165, 1.54) is 17.4 Å². The highest BCUT2D eigenvalue weighted by molar-refractivity contribution is 5.91. The molecule has 0 aliphatic carbocycles. The fraction of sp³-hybridized carbons (Fsp3) is 0.455. The van der Waals surface area contributed by atoms with Crippen LogP contribution < -0.4 is 5.32 Å². The zero-order valence-corrected chi connectivity index (χ0v) is 17.0. The van der Waals surface area contributed by atoms with Crippen molar-refractivity contribution in [3.63, 3.8) is 0 Å².